The molecule has 1 saturated heterocycles. The number of aryl methyl sites for hydroxylation is 1. The van der Waals surface area contributed by atoms with E-state index in [9.17, 15) is 10.1 Å². The van der Waals surface area contributed by atoms with E-state index in [1.807, 2.05) is 57.3 Å². The number of hydrogen-bond acceptors (Lipinski definition) is 7. The van der Waals surface area contributed by atoms with E-state index < -0.39 is 0 Å². The highest BCUT2D eigenvalue weighted by molar-refractivity contribution is 8.19. The number of thioether (sulfide) groups is 2. The number of nitrogens with zero attached hydrogens (tertiary/aromatic N) is 4. The molecule has 1 N–H and O–H groups in total. The molecule has 0 saturated carbocycles. The third-order valence-electron chi connectivity index (χ3n) is 5.93. The van der Waals surface area contributed by atoms with Crippen LogP contribution in [0.2, 0.25) is 0 Å². The highest BCUT2D eigenvalue weighted by Crippen LogP contribution is 2.50. The molecule has 180 valence electrons. The topological polar surface area (TPSA) is 71.7 Å². The van der Waals surface area contributed by atoms with E-state index in [0.29, 0.717) is 27.9 Å². The summed E-state index contributed by atoms with van der Waals surface area (Å²) in [5, 5.41) is 14.3. The number of aliphatic imine (C=N–C) groups is 1. The molecular weight excluding hydrogens is 486 g/mol. The van der Waals surface area contributed by atoms with E-state index >= 15 is 0 Å². The second-order valence-corrected chi connectivity index (χ2v) is 10.5. The monoisotopic (exact) mass is 511 g/mol. The standard InChI is InChI=1S/C28H25N5OS2/c1-4-30-21-13-12-19(16-29)15-22(21)31-28-33(17-20-9-7-8-18(2)14-20)26(34)25(36-28)27-32(3)23-10-5-6-11-24(23)35-27/h5-15,30H,4,17H2,1-3H3. The van der Waals surface area contributed by atoms with Crippen LogP contribution in [0, 0.1) is 18.3 Å². The molecule has 0 unspecified atom stereocenters. The van der Waals surface area contributed by atoms with Gasteiger partial charge >= 0.3 is 0 Å². The average Bonchev–Trinajstić information content (AvgIpc) is 3.37. The number of anilines is 2. The Bertz CT molecular complexity index is 1460. The molecule has 6 nitrogen and oxygen atoms in total. The summed E-state index contributed by atoms with van der Waals surface area (Å²) in [6.45, 7) is 5.20. The first-order valence-corrected chi connectivity index (χ1v) is 13.3. The Kier molecular flexibility index (Phi) is 6.77. The number of para-hydroxylation sites is 1. The van der Waals surface area contributed by atoms with Crippen LogP contribution in [0.5, 0.6) is 0 Å². The number of hydrogen-bond donors (Lipinski definition) is 1. The first-order chi connectivity index (χ1) is 17.5. The van der Waals surface area contributed by atoms with E-state index in [1.165, 1.54) is 11.8 Å². The quantitative estimate of drug-likeness (QED) is 0.396. The smallest absolute Gasteiger partial charge is 0.269 e. The Morgan fingerprint density at radius 1 is 1.06 bits per heavy atom. The number of nitriles is 1. The van der Waals surface area contributed by atoms with Crippen LogP contribution in [0.25, 0.3) is 0 Å². The first kappa shape index (κ1) is 24.0. The normalized spacial score (nSPS) is 18.1. The number of carbonyl (C=O) groups excluding carboxylic acids is 1. The third-order valence-corrected chi connectivity index (χ3v) is 8.36. The molecule has 36 heavy (non-hydrogen) atoms. The molecule has 0 atom stereocenters. The van der Waals surface area contributed by atoms with Gasteiger partial charge in [-0.1, -0.05) is 53.7 Å². The van der Waals surface area contributed by atoms with Crippen molar-refractivity contribution in [2.45, 2.75) is 25.3 Å². The van der Waals surface area contributed by atoms with E-state index in [2.05, 4.69) is 34.5 Å². The number of carbonyl (C=O) groups is 1. The number of nitrogens with one attached hydrogen (secondary N) is 1. The van der Waals surface area contributed by atoms with Crippen LogP contribution in [0.4, 0.5) is 17.1 Å². The van der Waals surface area contributed by atoms with Crippen LogP contribution < -0.4 is 10.2 Å². The Balaban J connectivity index is 1.60. The lowest BCUT2D eigenvalue weighted by atomic mass is 10.1. The molecule has 8 heteroatoms. The molecule has 1 amide bonds. The molecule has 3 aromatic rings. The molecule has 0 spiro atoms. The fourth-order valence-corrected chi connectivity index (χ4v) is 6.52. The van der Waals surface area contributed by atoms with Crippen molar-refractivity contribution in [1.29, 1.82) is 5.26 Å². The van der Waals surface area contributed by atoms with Crippen molar-refractivity contribution in [3.05, 3.63) is 93.4 Å². The van der Waals surface area contributed by atoms with Gasteiger partial charge in [0, 0.05) is 18.5 Å². The zero-order valence-corrected chi connectivity index (χ0v) is 21.9. The molecule has 0 bridgehead atoms. The fourth-order valence-electron chi connectivity index (χ4n) is 4.19. The maximum Gasteiger partial charge on any atom is 0.269 e. The molecule has 1 fully saturated rings. The summed E-state index contributed by atoms with van der Waals surface area (Å²) in [5.74, 6) is -0.0659. The van der Waals surface area contributed by atoms with Crippen LogP contribution in [0.15, 0.2) is 86.6 Å². The Labute approximate surface area is 219 Å². The predicted octanol–water partition coefficient (Wildman–Crippen LogP) is 6.47. The molecule has 3 aromatic carbocycles. The molecule has 2 heterocycles. The summed E-state index contributed by atoms with van der Waals surface area (Å²) in [6.07, 6.45) is 0. The van der Waals surface area contributed by atoms with E-state index in [0.717, 1.165) is 39.0 Å². The maximum absolute atomic E-state index is 13.9. The first-order valence-electron chi connectivity index (χ1n) is 11.7. The predicted molar refractivity (Wildman–Crippen MR) is 149 cm³/mol. The molecule has 5 rings (SSSR count). The summed E-state index contributed by atoms with van der Waals surface area (Å²) in [7, 11) is 1.99. The Hall–Kier alpha value is -3.67. The van der Waals surface area contributed by atoms with Gasteiger partial charge in [-0.25, -0.2) is 4.99 Å². The van der Waals surface area contributed by atoms with Crippen molar-refractivity contribution in [2.24, 2.45) is 4.99 Å². The van der Waals surface area contributed by atoms with Gasteiger partial charge in [0.15, 0.2) is 5.17 Å². The second kappa shape index (κ2) is 10.1. The minimum absolute atomic E-state index is 0.0659. The number of amidine groups is 1. The number of amides is 1. The van der Waals surface area contributed by atoms with Crippen molar-refractivity contribution < 1.29 is 4.79 Å². The summed E-state index contributed by atoms with van der Waals surface area (Å²) < 4.78 is 0. The van der Waals surface area contributed by atoms with Gasteiger partial charge < -0.3 is 10.2 Å². The Morgan fingerprint density at radius 3 is 2.64 bits per heavy atom. The molecule has 2 aliphatic rings. The SMILES string of the molecule is CCNc1ccc(C#N)cc1N=C1SC(=C2Sc3ccccc3N2C)C(=O)N1Cc1cccc(C)c1. The third kappa shape index (κ3) is 4.60. The van der Waals surface area contributed by atoms with Gasteiger partial charge in [0.1, 0.15) is 4.91 Å². The number of fused-ring (bicyclic) bond motifs is 1. The van der Waals surface area contributed by atoms with Gasteiger partial charge in [-0.15, -0.1) is 0 Å². The summed E-state index contributed by atoms with van der Waals surface area (Å²) in [5.41, 5.74) is 5.26. The van der Waals surface area contributed by atoms with E-state index in [1.54, 1.807) is 28.8 Å². The molecule has 0 aromatic heterocycles. The van der Waals surface area contributed by atoms with Crippen molar-refractivity contribution in [3.8, 4) is 6.07 Å². The molecular formula is C28H25N5OS2. The van der Waals surface area contributed by atoms with Crippen molar-refractivity contribution in [2.75, 3.05) is 23.8 Å². The lowest BCUT2D eigenvalue weighted by Crippen LogP contribution is -2.29. The minimum atomic E-state index is -0.0659. The molecule has 0 radical (unpaired) electrons. The van der Waals surface area contributed by atoms with Gasteiger partial charge in [-0.3, -0.25) is 9.69 Å². The highest BCUT2D eigenvalue weighted by Gasteiger charge is 2.39. The minimum Gasteiger partial charge on any atom is -0.384 e. The zero-order chi connectivity index (χ0) is 25.2. The van der Waals surface area contributed by atoms with Crippen LogP contribution in [-0.2, 0) is 11.3 Å². The maximum atomic E-state index is 13.9. The summed E-state index contributed by atoms with van der Waals surface area (Å²) in [4.78, 5) is 24.4. The van der Waals surface area contributed by atoms with Crippen LogP contribution in [0.1, 0.15) is 23.6 Å². The number of rotatable bonds is 5. The van der Waals surface area contributed by atoms with Gasteiger partial charge in [0.2, 0.25) is 0 Å². The van der Waals surface area contributed by atoms with Gasteiger partial charge in [-0.2, -0.15) is 5.26 Å². The van der Waals surface area contributed by atoms with Crippen LogP contribution in [-0.4, -0.2) is 29.6 Å². The van der Waals surface area contributed by atoms with E-state index in [-0.39, 0.29) is 5.91 Å². The summed E-state index contributed by atoms with van der Waals surface area (Å²) in [6, 6.07) is 23.9. The second-order valence-electron chi connectivity index (χ2n) is 8.51. The molecule has 2 aliphatic heterocycles. The van der Waals surface area contributed by atoms with Crippen molar-refractivity contribution in [1.82, 2.24) is 4.90 Å². The van der Waals surface area contributed by atoms with Crippen molar-refractivity contribution in [3.63, 3.8) is 0 Å². The van der Waals surface area contributed by atoms with Crippen LogP contribution >= 0.6 is 23.5 Å². The largest absolute Gasteiger partial charge is 0.384 e. The van der Waals surface area contributed by atoms with Gasteiger partial charge in [-0.05, 0) is 61.5 Å². The summed E-state index contributed by atoms with van der Waals surface area (Å²) >= 11 is 3.00. The highest BCUT2D eigenvalue weighted by atomic mass is 32.2. The molecule has 0 aliphatic carbocycles. The fraction of sp³-hybridized carbons (Fsp3) is 0.179. The Morgan fingerprint density at radius 2 is 1.89 bits per heavy atom. The zero-order valence-electron chi connectivity index (χ0n) is 20.3. The average molecular weight is 512 g/mol. The lowest BCUT2D eigenvalue weighted by molar-refractivity contribution is -0.122. The lowest BCUT2D eigenvalue weighted by Gasteiger charge is -2.17. The van der Waals surface area contributed by atoms with Gasteiger partial charge in [0.25, 0.3) is 5.91 Å². The van der Waals surface area contributed by atoms with Crippen LogP contribution in [0.3, 0.4) is 0 Å². The number of benzene rings is 3. The van der Waals surface area contributed by atoms with Gasteiger partial charge in [0.05, 0.1) is 40.3 Å². The van der Waals surface area contributed by atoms with E-state index in [4.69, 9.17) is 4.99 Å². The van der Waals surface area contributed by atoms with Crippen molar-refractivity contribution >= 4 is 51.7 Å².